The Morgan fingerprint density at radius 3 is 2.56 bits per heavy atom. The van der Waals surface area contributed by atoms with Crippen LogP contribution in [0.2, 0.25) is 0 Å². The second-order valence-electron chi connectivity index (χ2n) is 7.48. The van der Waals surface area contributed by atoms with Gasteiger partial charge in [-0.25, -0.2) is 0 Å². The summed E-state index contributed by atoms with van der Waals surface area (Å²) in [6.45, 7) is 12.5. The lowest BCUT2D eigenvalue weighted by molar-refractivity contribution is -0.127. The van der Waals surface area contributed by atoms with Gasteiger partial charge in [-0.05, 0) is 81.9 Å². The highest BCUT2D eigenvalue weighted by Crippen LogP contribution is 2.24. The fraction of sp³-hybridized carbons (Fsp3) is 0.667. The van der Waals surface area contributed by atoms with E-state index < -0.39 is 6.10 Å². The molecule has 1 unspecified atom stereocenters. The Morgan fingerprint density at radius 2 is 1.92 bits per heavy atom. The summed E-state index contributed by atoms with van der Waals surface area (Å²) in [5.74, 6) is 1.22. The van der Waals surface area contributed by atoms with Gasteiger partial charge in [0.2, 0.25) is 0 Å². The third-order valence-electron chi connectivity index (χ3n) is 4.94. The normalized spacial score (nSPS) is 16.7. The molecular weight excluding hydrogens is 312 g/mol. The molecule has 2 rings (SSSR count). The molecule has 0 saturated carbocycles. The fourth-order valence-electron chi connectivity index (χ4n) is 3.47. The van der Waals surface area contributed by atoms with Gasteiger partial charge in [-0.1, -0.05) is 26.3 Å². The van der Waals surface area contributed by atoms with Gasteiger partial charge >= 0.3 is 0 Å². The number of piperidine rings is 1. The van der Waals surface area contributed by atoms with Gasteiger partial charge in [-0.15, -0.1) is 0 Å². The quantitative estimate of drug-likeness (QED) is 0.726. The first kappa shape index (κ1) is 19.8. The predicted octanol–water partition coefficient (Wildman–Crippen LogP) is 3.88. The molecule has 1 aromatic rings. The second-order valence-corrected chi connectivity index (χ2v) is 7.48. The lowest BCUT2D eigenvalue weighted by atomic mass is 9.98. The van der Waals surface area contributed by atoms with E-state index in [-0.39, 0.29) is 5.91 Å². The fourth-order valence-corrected chi connectivity index (χ4v) is 3.47. The summed E-state index contributed by atoms with van der Waals surface area (Å²) >= 11 is 0. The molecule has 1 atom stereocenters. The van der Waals surface area contributed by atoms with Gasteiger partial charge in [0.05, 0.1) is 0 Å². The van der Waals surface area contributed by atoms with E-state index in [1.807, 2.05) is 19.1 Å². The van der Waals surface area contributed by atoms with E-state index in [1.54, 1.807) is 0 Å². The number of rotatable bonds is 8. The Kier molecular flexibility index (Phi) is 7.76. The van der Waals surface area contributed by atoms with E-state index in [9.17, 15) is 4.79 Å². The lowest BCUT2D eigenvalue weighted by Gasteiger charge is -2.26. The number of nitrogens with zero attached hydrogens (tertiary/aromatic N) is 1. The van der Waals surface area contributed by atoms with Crippen LogP contribution in [0.3, 0.4) is 0 Å². The van der Waals surface area contributed by atoms with E-state index in [4.69, 9.17) is 4.74 Å². The number of likely N-dealkylation sites (tertiary alicyclic amines) is 1. The van der Waals surface area contributed by atoms with Crippen molar-refractivity contribution in [3.63, 3.8) is 0 Å². The van der Waals surface area contributed by atoms with Crippen LogP contribution < -0.4 is 10.1 Å². The van der Waals surface area contributed by atoms with Crippen molar-refractivity contribution in [2.45, 2.75) is 65.4 Å². The van der Waals surface area contributed by atoms with Gasteiger partial charge in [-0.3, -0.25) is 4.79 Å². The van der Waals surface area contributed by atoms with Crippen molar-refractivity contribution in [2.75, 3.05) is 26.2 Å². The van der Waals surface area contributed by atoms with Crippen molar-refractivity contribution in [1.29, 1.82) is 0 Å². The first-order chi connectivity index (χ1) is 12.0. The van der Waals surface area contributed by atoms with Crippen LogP contribution in [0.15, 0.2) is 18.2 Å². The molecule has 1 aliphatic rings. The molecule has 0 radical (unpaired) electrons. The van der Waals surface area contributed by atoms with Crippen molar-refractivity contribution in [1.82, 2.24) is 10.2 Å². The largest absolute Gasteiger partial charge is 0.481 e. The van der Waals surface area contributed by atoms with Crippen molar-refractivity contribution in [3.8, 4) is 5.75 Å². The number of carbonyl (C=O) groups is 1. The number of hydrogen-bond donors (Lipinski definition) is 1. The topological polar surface area (TPSA) is 41.6 Å². The molecule has 25 heavy (non-hydrogen) atoms. The molecule has 1 fully saturated rings. The van der Waals surface area contributed by atoms with Crippen molar-refractivity contribution >= 4 is 5.91 Å². The molecule has 140 valence electrons. The predicted molar refractivity (Wildman–Crippen MR) is 103 cm³/mol. The van der Waals surface area contributed by atoms with Crippen LogP contribution in [0, 0.1) is 6.92 Å². The zero-order chi connectivity index (χ0) is 18.2. The third kappa shape index (κ3) is 6.35. The Labute approximate surface area is 152 Å². The van der Waals surface area contributed by atoms with Gasteiger partial charge in [0.1, 0.15) is 5.75 Å². The van der Waals surface area contributed by atoms with E-state index in [1.165, 1.54) is 43.5 Å². The van der Waals surface area contributed by atoms with Gasteiger partial charge in [-0.2, -0.15) is 0 Å². The molecule has 1 aromatic carbocycles. The summed E-state index contributed by atoms with van der Waals surface area (Å²) in [6.07, 6.45) is 4.51. The lowest BCUT2D eigenvalue weighted by Crippen LogP contribution is -2.38. The van der Waals surface area contributed by atoms with Crippen LogP contribution in [0.5, 0.6) is 5.75 Å². The zero-order valence-corrected chi connectivity index (χ0v) is 16.3. The van der Waals surface area contributed by atoms with Crippen molar-refractivity contribution in [3.05, 3.63) is 29.3 Å². The molecule has 1 saturated heterocycles. The second kappa shape index (κ2) is 9.81. The molecule has 1 amide bonds. The Balaban J connectivity index is 1.71. The monoisotopic (exact) mass is 346 g/mol. The average Bonchev–Trinajstić information content (AvgIpc) is 2.59. The maximum atomic E-state index is 12.2. The van der Waals surface area contributed by atoms with E-state index in [0.717, 1.165) is 18.7 Å². The molecule has 4 heteroatoms. The Morgan fingerprint density at radius 1 is 1.20 bits per heavy atom. The van der Waals surface area contributed by atoms with E-state index >= 15 is 0 Å². The number of nitrogens with one attached hydrogen (secondary N) is 1. The number of hydrogen-bond acceptors (Lipinski definition) is 3. The minimum absolute atomic E-state index is 0.0377. The zero-order valence-electron chi connectivity index (χ0n) is 16.3. The standard InChI is InChI=1S/C21H34N2O2/c1-16(2)20-10-9-19(15-17(20)3)25-18(4)21(24)22-11-8-14-23-12-6-5-7-13-23/h9-10,15-16,18H,5-8,11-14H2,1-4H3,(H,22,24). The molecule has 1 aliphatic heterocycles. The highest BCUT2D eigenvalue weighted by atomic mass is 16.5. The summed E-state index contributed by atoms with van der Waals surface area (Å²) in [4.78, 5) is 14.7. The van der Waals surface area contributed by atoms with Crippen molar-refractivity contribution in [2.24, 2.45) is 0 Å². The van der Waals surface area contributed by atoms with Crippen LogP contribution in [-0.4, -0.2) is 43.1 Å². The first-order valence-electron chi connectivity index (χ1n) is 9.74. The minimum Gasteiger partial charge on any atom is -0.481 e. The van der Waals surface area contributed by atoms with Crippen molar-refractivity contribution < 1.29 is 9.53 Å². The smallest absolute Gasteiger partial charge is 0.260 e. The van der Waals surface area contributed by atoms with E-state index in [2.05, 4.69) is 37.1 Å². The van der Waals surface area contributed by atoms with E-state index in [0.29, 0.717) is 12.5 Å². The third-order valence-corrected chi connectivity index (χ3v) is 4.94. The molecule has 0 aliphatic carbocycles. The first-order valence-corrected chi connectivity index (χ1v) is 9.74. The van der Waals surface area contributed by atoms with Gasteiger partial charge in [0, 0.05) is 6.54 Å². The summed E-state index contributed by atoms with van der Waals surface area (Å²) in [5, 5.41) is 3.00. The van der Waals surface area contributed by atoms with Crippen LogP contribution in [-0.2, 0) is 4.79 Å². The molecule has 0 bridgehead atoms. The Bertz CT molecular complexity index is 551. The molecular formula is C21H34N2O2. The number of benzene rings is 1. The highest BCUT2D eigenvalue weighted by molar-refractivity contribution is 5.80. The SMILES string of the molecule is Cc1cc(OC(C)C(=O)NCCCN2CCCCC2)ccc1C(C)C. The number of ether oxygens (including phenoxy) is 1. The summed E-state index contributed by atoms with van der Waals surface area (Å²) in [5.41, 5.74) is 2.53. The number of aryl methyl sites for hydroxylation is 1. The molecule has 0 spiro atoms. The maximum Gasteiger partial charge on any atom is 0.260 e. The molecule has 1 heterocycles. The molecule has 4 nitrogen and oxygen atoms in total. The summed E-state index contributed by atoms with van der Waals surface area (Å²) < 4.78 is 5.82. The van der Waals surface area contributed by atoms with Crippen LogP contribution in [0.4, 0.5) is 0 Å². The van der Waals surface area contributed by atoms with Crippen LogP contribution in [0.25, 0.3) is 0 Å². The minimum atomic E-state index is -0.473. The average molecular weight is 347 g/mol. The van der Waals surface area contributed by atoms with Gasteiger partial charge in [0.25, 0.3) is 5.91 Å². The van der Waals surface area contributed by atoms with Crippen LogP contribution in [0.1, 0.15) is 63.5 Å². The summed E-state index contributed by atoms with van der Waals surface area (Å²) in [7, 11) is 0. The van der Waals surface area contributed by atoms with Gasteiger partial charge < -0.3 is 15.0 Å². The molecule has 0 aromatic heterocycles. The van der Waals surface area contributed by atoms with Gasteiger partial charge in [0.15, 0.2) is 6.10 Å². The highest BCUT2D eigenvalue weighted by Gasteiger charge is 2.15. The number of carbonyl (C=O) groups excluding carboxylic acids is 1. The number of amides is 1. The molecule has 1 N–H and O–H groups in total. The summed E-state index contributed by atoms with van der Waals surface area (Å²) in [6, 6.07) is 6.08. The maximum absolute atomic E-state index is 12.2. The Hall–Kier alpha value is -1.55. The van der Waals surface area contributed by atoms with Crippen LogP contribution >= 0.6 is 0 Å².